The monoisotopic (exact) mass is 416 g/mol. The van der Waals surface area contributed by atoms with Crippen molar-refractivity contribution in [3.8, 4) is 0 Å². The zero-order valence-electron chi connectivity index (χ0n) is 15.6. The highest BCUT2D eigenvalue weighted by Gasteiger charge is 2.32. The predicted octanol–water partition coefficient (Wildman–Crippen LogP) is 4.28. The molecule has 2 aliphatic rings. The molecule has 0 bridgehead atoms. The normalized spacial score (nSPS) is 19.5. The lowest BCUT2D eigenvalue weighted by Gasteiger charge is -2.38. The molecule has 28 heavy (non-hydrogen) atoms. The number of hydrogen-bond acceptors (Lipinski definition) is 6. The van der Waals surface area contributed by atoms with Gasteiger partial charge < -0.3 is 16.0 Å². The van der Waals surface area contributed by atoms with Crippen LogP contribution in [0.15, 0.2) is 52.4 Å². The summed E-state index contributed by atoms with van der Waals surface area (Å²) in [6.45, 7) is 3.85. The van der Waals surface area contributed by atoms with Gasteiger partial charge in [0.15, 0.2) is 0 Å². The van der Waals surface area contributed by atoms with Crippen LogP contribution in [0, 0.1) is 6.92 Å². The minimum Gasteiger partial charge on any atom is -0.368 e. The number of aliphatic imine (C=N–C) groups is 2. The van der Waals surface area contributed by atoms with Crippen molar-refractivity contribution in [3.05, 3.63) is 58.1 Å². The first-order valence-corrected chi connectivity index (χ1v) is 10.0. The topological polar surface area (TPSA) is 69.2 Å². The van der Waals surface area contributed by atoms with E-state index in [1.54, 1.807) is 0 Å². The average Bonchev–Trinajstić information content (AvgIpc) is 3.19. The Bertz CT molecular complexity index is 936. The van der Waals surface area contributed by atoms with Gasteiger partial charge in [0.05, 0.1) is 0 Å². The number of nitrogens with two attached hydrogens (primary N) is 1. The molecule has 8 heteroatoms. The van der Waals surface area contributed by atoms with Crippen LogP contribution >= 0.6 is 23.2 Å². The minimum absolute atomic E-state index is 0.246. The third kappa shape index (κ3) is 3.88. The number of benzene rings is 2. The first-order chi connectivity index (χ1) is 13.5. The zero-order valence-corrected chi connectivity index (χ0v) is 17.1. The van der Waals surface area contributed by atoms with Crippen LogP contribution in [-0.4, -0.2) is 36.2 Å². The number of halogens is 2. The Labute approximate surface area is 174 Å². The van der Waals surface area contributed by atoms with E-state index in [0.29, 0.717) is 10.0 Å². The molecule has 1 atom stereocenters. The van der Waals surface area contributed by atoms with E-state index in [4.69, 9.17) is 28.9 Å². The highest BCUT2D eigenvalue weighted by Crippen LogP contribution is 2.28. The van der Waals surface area contributed by atoms with Gasteiger partial charge in [-0.05, 0) is 55.7 Å². The summed E-state index contributed by atoms with van der Waals surface area (Å²) in [4.78, 5) is 13.4. The molecular weight excluding hydrogens is 395 g/mol. The Hall–Kier alpha value is -2.44. The van der Waals surface area contributed by atoms with Gasteiger partial charge in [-0.2, -0.15) is 4.99 Å². The average molecular weight is 417 g/mol. The van der Waals surface area contributed by atoms with Gasteiger partial charge in [0.2, 0.25) is 18.2 Å². The molecule has 0 aromatic heterocycles. The molecule has 6 nitrogen and oxygen atoms in total. The lowest BCUT2D eigenvalue weighted by atomic mass is 10.2. The first-order valence-electron chi connectivity index (χ1n) is 9.26. The number of likely N-dealkylation sites (tertiary alicyclic amines) is 1. The van der Waals surface area contributed by atoms with E-state index in [-0.39, 0.29) is 5.96 Å². The molecule has 1 fully saturated rings. The molecule has 1 saturated heterocycles. The molecule has 1 unspecified atom stereocenters. The maximum atomic E-state index is 6.30. The fraction of sp³-hybridized carbons (Fsp3) is 0.300. The van der Waals surface area contributed by atoms with Crippen molar-refractivity contribution in [1.29, 1.82) is 0 Å². The van der Waals surface area contributed by atoms with Gasteiger partial charge in [-0.1, -0.05) is 35.3 Å². The summed E-state index contributed by atoms with van der Waals surface area (Å²) in [6.07, 6.45) is 1.79. The molecule has 0 saturated carbocycles. The molecule has 2 aromatic carbocycles. The number of rotatable bonds is 3. The van der Waals surface area contributed by atoms with Crippen molar-refractivity contribution >= 4 is 46.5 Å². The second-order valence-electron chi connectivity index (χ2n) is 6.93. The SMILES string of the molecule is Cc1ccc(NC2N=C(N)N=C(N3CCCC3)N2c2cccc(Cl)c2)cc1Cl. The van der Waals surface area contributed by atoms with E-state index in [2.05, 4.69) is 20.2 Å². The second-order valence-corrected chi connectivity index (χ2v) is 7.77. The molecule has 0 radical (unpaired) electrons. The second kappa shape index (κ2) is 7.89. The summed E-state index contributed by atoms with van der Waals surface area (Å²) >= 11 is 12.6. The van der Waals surface area contributed by atoms with E-state index in [1.807, 2.05) is 54.3 Å². The summed E-state index contributed by atoms with van der Waals surface area (Å²) in [6, 6.07) is 13.5. The highest BCUT2D eigenvalue weighted by molar-refractivity contribution is 6.31. The number of guanidine groups is 2. The fourth-order valence-electron chi connectivity index (χ4n) is 3.43. The van der Waals surface area contributed by atoms with Crippen molar-refractivity contribution in [2.24, 2.45) is 15.7 Å². The number of hydrogen-bond donors (Lipinski definition) is 2. The smallest absolute Gasteiger partial charge is 0.222 e. The van der Waals surface area contributed by atoms with Gasteiger partial charge in [0.1, 0.15) is 0 Å². The first kappa shape index (κ1) is 18.9. The van der Waals surface area contributed by atoms with E-state index in [0.717, 1.165) is 48.8 Å². The van der Waals surface area contributed by atoms with Crippen LogP contribution < -0.4 is 16.0 Å². The molecule has 0 spiro atoms. The predicted molar refractivity (Wildman–Crippen MR) is 117 cm³/mol. The lowest BCUT2D eigenvalue weighted by Crippen LogP contribution is -2.54. The molecule has 3 N–H and O–H groups in total. The standard InChI is InChI=1S/C20H22Cl2N6/c1-13-7-8-15(12-17(13)22)24-19-25-18(23)26-20(27-9-2-3-10-27)28(19)16-6-4-5-14(21)11-16/h4-8,11-12,19,24H,2-3,9-10H2,1H3,(H2,23,25). The molecule has 146 valence electrons. The van der Waals surface area contributed by atoms with Crippen molar-refractivity contribution in [1.82, 2.24) is 4.90 Å². The number of nitrogens with zero attached hydrogens (tertiary/aromatic N) is 4. The molecule has 4 rings (SSSR count). The van der Waals surface area contributed by atoms with Gasteiger partial charge in [0.25, 0.3) is 0 Å². The Morgan fingerprint density at radius 3 is 2.61 bits per heavy atom. The fourth-order valence-corrected chi connectivity index (χ4v) is 3.79. The Morgan fingerprint density at radius 2 is 1.89 bits per heavy atom. The maximum absolute atomic E-state index is 6.30. The molecule has 0 amide bonds. The molecule has 2 aliphatic heterocycles. The Morgan fingerprint density at radius 1 is 1.11 bits per heavy atom. The molecule has 2 aromatic rings. The van der Waals surface area contributed by atoms with Crippen molar-refractivity contribution < 1.29 is 0 Å². The quantitative estimate of drug-likeness (QED) is 0.782. The van der Waals surface area contributed by atoms with Crippen molar-refractivity contribution in [2.75, 3.05) is 23.3 Å². The van der Waals surface area contributed by atoms with E-state index in [1.165, 1.54) is 0 Å². The molecule has 0 aliphatic carbocycles. The third-order valence-corrected chi connectivity index (χ3v) is 5.51. The van der Waals surface area contributed by atoms with Crippen LogP contribution in [0.2, 0.25) is 10.0 Å². The van der Waals surface area contributed by atoms with Gasteiger partial charge in [-0.15, -0.1) is 0 Å². The Kier molecular flexibility index (Phi) is 5.33. The van der Waals surface area contributed by atoms with Crippen LogP contribution in [0.4, 0.5) is 11.4 Å². The van der Waals surface area contributed by atoms with Crippen LogP contribution in [0.5, 0.6) is 0 Å². The van der Waals surface area contributed by atoms with Crippen LogP contribution in [0.25, 0.3) is 0 Å². The van der Waals surface area contributed by atoms with Gasteiger partial charge in [-0.3, -0.25) is 4.90 Å². The number of anilines is 2. The van der Waals surface area contributed by atoms with E-state index >= 15 is 0 Å². The lowest BCUT2D eigenvalue weighted by molar-refractivity contribution is 0.497. The third-order valence-electron chi connectivity index (χ3n) is 4.87. The molecule has 2 heterocycles. The van der Waals surface area contributed by atoms with Gasteiger partial charge in [0, 0.05) is 34.5 Å². The summed E-state index contributed by atoms with van der Waals surface area (Å²) in [5, 5.41) is 4.77. The van der Waals surface area contributed by atoms with Gasteiger partial charge in [-0.25, -0.2) is 4.99 Å². The summed E-state index contributed by atoms with van der Waals surface area (Å²) < 4.78 is 0. The van der Waals surface area contributed by atoms with Crippen LogP contribution in [0.1, 0.15) is 18.4 Å². The molecular formula is C20H22Cl2N6. The highest BCUT2D eigenvalue weighted by atomic mass is 35.5. The number of nitrogens with one attached hydrogen (secondary N) is 1. The van der Waals surface area contributed by atoms with E-state index in [9.17, 15) is 0 Å². The Balaban J connectivity index is 1.73. The largest absolute Gasteiger partial charge is 0.368 e. The van der Waals surface area contributed by atoms with Crippen molar-refractivity contribution in [2.45, 2.75) is 26.1 Å². The van der Waals surface area contributed by atoms with Crippen molar-refractivity contribution in [3.63, 3.8) is 0 Å². The summed E-state index contributed by atoms with van der Waals surface area (Å²) in [7, 11) is 0. The zero-order chi connectivity index (χ0) is 19.7. The summed E-state index contributed by atoms with van der Waals surface area (Å²) in [5.74, 6) is 1.03. The van der Waals surface area contributed by atoms with E-state index < -0.39 is 6.29 Å². The minimum atomic E-state index is -0.467. The van der Waals surface area contributed by atoms with Crippen LogP contribution in [-0.2, 0) is 0 Å². The number of aryl methyl sites for hydroxylation is 1. The van der Waals surface area contributed by atoms with Gasteiger partial charge >= 0.3 is 0 Å². The summed E-state index contributed by atoms with van der Waals surface area (Å²) in [5.41, 5.74) is 8.84. The maximum Gasteiger partial charge on any atom is 0.222 e. The van der Waals surface area contributed by atoms with Crippen LogP contribution in [0.3, 0.4) is 0 Å².